The molecule has 0 aliphatic carbocycles. The van der Waals surface area contributed by atoms with Gasteiger partial charge in [0.25, 0.3) is 0 Å². The number of carbonyl (C=O) groups excluding carboxylic acids is 1. The number of benzene rings is 4. The molecule has 4 aromatic carbocycles. The van der Waals surface area contributed by atoms with Gasteiger partial charge in [0.1, 0.15) is 11.5 Å². The molecule has 5 nitrogen and oxygen atoms in total. The van der Waals surface area contributed by atoms with Crippen LogP contribution in [0, 0.1) is 29.7 Å². The maximum absolute atomic E-state index is 11.5. The maximum atomic E-state index is 11.5. The topological polar surface area (TPSA) is 72.3 Å². The molecule has 0 fully saturated rings. The van der Waals surface area contributed by atoms with E-state index < -0.39 is 5.41 Å². The van der Waals surface area contributed by atoms with Crippen molar-refractivity contribution in [2.24, 2.45) is 16.7 Å². The summed E-state index contributed by atoms with van der Waals surface area (Å²) >= 11 is 0. The number of nitrogens with zero attached hydrogens (tertiary/aromatic N) is 2. The van der Waals surface area contributed by atoms with E-state index in [1.165, 1.54) is 27.6 Å². The molecule has 6 heteroatoms. The Bertz CT molecular complexity index is 2240. The van der Waals surface area contributed by atoms with Crippen molar-refractivity contribution in [2.45, 2.75) is 68.7 Å². The molecule has 0 saturated heterocycles. The number of aliphatic hydroxyl groups excluding tert-OH is 1. The zero-order valence-corrected chi connectivity index (χ0v) is 31.6. The zero-order valence-electron chi connectivity index (χ0n) is 29.2. The maximum Gasteiger partial charge on any atom is 0.164 e. The van der Waals surface area contributed by atoms with E-state index in [1.807, 2.05) is 59.9 Å². The number of hydrogen-bond donors (Lipinski definition) is 1. The zero-order chi connectivity index (χ0) is 33.8. The summed E-state index contributed by atoms with van der Waals surface area (Å²) in [6, 6.07) is 24.9. The third-order valence-corrected chi connectivity index (χ3v) is 8.67. The van der Waals surface area contributed by atoms with E-state index in [0.717, 1.165) is 62.1 Å². The van der Waals surface area contributed by atoms with E-state index in [1.54, 1.807) is 0 Å². The van der Waals surface area contributed by atoms with E-state index in [-0.39, 0.29) is 37.1 Å². The Morgan fingerprint density at radius 2 is 1.56 bits per heavy atom. The Morgan fingerprint density at radius 3 is 2.25 bits per heavy atom. The second-order valence-electron chi connectivity index (χ2n) is 15.1. The van der Waals surface area contributed by atoms with Gasteiger partial charge in [-0.05, 0) is 59.0 Å². The normalized spacial score (nSPS) is 12.8. The minimum Gasteiger partial charge on any atom is -0.512 e. The molecule has 0 amide bonds. The fraction of sp³-hybridized carbons (Fsp3) is 0.310. The molecule has 0 atom stereocenters. The van der Waals surface area contributed by atoms with Gasteiger partial charge in [-0.3, -0.25) is 14.8 Å². The van der Waals surface area contributed by atoms with Gasteiger partial charge in [0, 0.05) is 71.1 Å². The molecule has 1 aliphatic heterocycles. The van der Waals surface area contributed by atoms with Gasteiger partial charge in [-0.2, -0.15) is 0 Å². The first-order chi connectivity index (χ1) is 22.1. The SMILES string of the molecule is CC(C)(C)C(=O)/C=C(\O)C(C)(C)C.Cc1nc(CC(C)C)cc2c1ccc1c3ccnc4c3c(cc21)Oc1cc2ccccc2[c-]c1-4.[Ir]. The second kappa shape index (κ2) is 13.1. The summed E-state index contributed by atoms with van der Waals surface area (Å²) in [5, 5.41) is 18.8. The van der Waals surface area contributed by atoms with Crippen LogP contribution in [0.2, 0.25) is 0 Å². The number of carbonyl (C=O) groups is 1. The minimum atomic E-state index is -0.417. The summed E-state index contributed by atoms with van der Waals surface area (Å²) in [5.41, 5.74) is 3.32. The van der Waals surface area contributed by atoms with E-state index in [9.17, 15) is 9.90 Å². The second-order valence-corrected chi connectivity index (χ2v) is 15.1. The van der Waals surface area contributed by atoms with Crippen LogP contribution >= 0.6 is 0 Å². The molecular formula is C42H43IrN2O3-. The molecule has 2 aromatic heterocycles. The molecule has 0 spiro atoms. The first-order valence-corrected chi connectivity index (χ1v) is 16.4. The summed E-state index contributed by atoms with van der Waals surface area (Å²) in [6.07, 6.45) is 4.21. The van der Waals surface area contributed by atoms with E-state index in [2.05, 4.69) is 75.4 Å². The standard InChI is InChI=1S/C31H23N2O.C11H20O2.Ir/c1-17(2)12-21-15-25-22(18(3)33-21)8-9-23-24-10-11-32-31-27-13-19-6-4-5-7-20(19)14-28(27)34-29(30(24)31)16-26(23)25;1-10(2,3)8(12)7-9(13)11(4,5)6;/h4-11,14-17H,12H2,1-3H3;7,12H,1-6H3;/q-1;;/b;8-7-;. The van der Waals surface area contributed by atoms with Gasteiger partial charge in [0.05, 0.1) is 5.75 Å². The Kier molecular flexibility index (Phi) is 9.58. The first kappa shape index (κ1) is 35.2. The van der Waals surface area contributed by atoms with Gasteiger partial charge in [-0.1, -0.05) is 103 Å². The molecule has 0 saturated carbocycles. The van der Waals surface area contributed by atoms with Crippen molar-refractivity contribution >= 4 is 48.9 Å². The van der Waals surface area contributed by atoms with Crippen LogP contribution in [0.15, 0.2) is 78.7 Å². The summed E-state index contributed by atoms with van der Waals surface area (Å²) in [5.74, 6) is 2.33. The average Bonchev–Trinajstić information content (AvgIpc) is 2.99. The Labute approximate surface area is 296 Å². The minimum absolute atomic E-state index is 0. The molecule has 1 aliphatic rings. The van der Waals surface area contributed by atoms with Crippen LogP contribution in [0.25, 0.3) is 54.3 Å². The summed E-state index contributed by atoms with van der Waals surface area (Å²) in [7, 11) is 0. The smallest absolute Gasteiger partial charge is 0.164 e. The van der Waals surface area contributed by atoms with Gasteiger partial charge in [-0.25, -0.2) is 0 Å². The Morgan fingerprint density at radius 1 is 0.875 bits per heavy atom. The fourth-order valence-corrected chi connectivity index (χ4v) is 5.98. The fourth-order valence-electron chi connectivity index (χ4n) is 5.98. The van der Waals surface area contributed by atoms with Gasteiger partial charge in [0.2, 0.25) is 0 Å². The van der Waals surface area contributed by atoms with Crippen molar-refractivity contribution in [3.05, 3.63) is 96.1 Å². The number of rotatable bonds is 3. The van der Waals surface area contributed by atoms with Crippen molar-refractivity contribution in [1.82, 2.24) is 9.97 Å². The number of ketones is 1. The van der Waals surface area contributed by atoms with Gasteiger partial charge < -0.3 is 9.84 Å². The van der Waals surface area contributed by atoms with Gasteiger partial charge in [-0.15, -0.1) is 17.5 Å². The number of aromatic nitrogens is 2. The number of hydrogen-bond acceptors (Lipinski definition) is 5. The third kappa shape index (κ3) is 6.74. The summed E-state index contributed by atoms with van der Waals surface area (Å²) in [4.78, 5) is 21.2. The van der Waals surface area contributed by atoms with Crippen LogP contribution in [-0.4, -0.2) is 20.9 Å². The molecule has 0 bridgehead atoms. The van der Waals surface area contributed by atoms with Crippen LogP contribution in [0.5, 0.6) is 11.5 Å². The predicted octanol–water partition coefficient (Wildman–Crippen LogP) is 11.3. The molecule has 0 unspecified atom stereocenters. The summed E-state index contributed by atoms with van der Waals surface area (Å²) < 4.78 is 6.55. The number of pyridine rings is 2. The molecule has 6 aromatic rings. The van der Waals surface area contributed by atoms with Crippen LogP contribution in [0.3, 0.4) is 0 Å². The van der Waals surface area contributed by atoms with Crippen LogP contribution in [0.4, 0.5) is 0 Å². The number of fused-ring (bicyclic) bond motifs is 7. The molecule has 7 rings (SSSR count). The number of aryl methyl sites for hydroxylation is 1. The molecule has 1 radical (unpaired) electrons. The predicted molar refractivity (Wildman–Crippen MR) is 194 cm³/mol. The number of ether oxygens (including phenoxy) is 1. The van der Waals surface area contributed by atoms with E-state index in [0.29, 0.717) is 5.92 Å². The molecular weight excluding hydrogens is 773 g/mol. The monoisotopic (exact) mass is 816 g/mol. The van der Waals surface area contributed by atoms with Crippen molar-refractivity contribution in [3.63, 3.8) is 0 Å². The van der Waals surface area contributed by atoms with Crippen LogP contribution < -0.4 is 4.74 Å². The van der Waals surface area contributed by atoms with Crippen molar-refractivity contribution in [3.8, 4) is 22.8 Å². The molecule has 48 heavy (non-hydrogen) atoms. The molecule has 1 N–H and O–H groups in total. The molecule has 249 valence electrons. The van der Waals surface area contributed by atoms with E-state index in [4.69, 9.17) is 14.7 Å². The Balaban J connectivity index is 0.000000277. The average molecular weight is 816 g/mol. The summed E-state index contributed by atoms with van der Waals surface area (Å²) in [6.45, 7) is 17.7. The third-order valence-electron chi connectivity index (χ3n) is 8.67. The number of allylic oxidation sites excluding steroid dienone is 2. The van der Waals surface area contributed by atoms with Crippen LogP contribution in [0.1, 0.15) is 66.8 Å². The quantitative estimate of drug-likeness (QED) is 0.0832. The molecule has 3 heterocycles. The van der Waals surface area contributed by atoms with Crippen molar-refractivity contribution in [1.29, 1.82) is 0 Å². The Hall–Kier alpha value is -4.12. The van der Waals surface area contributed by atoms with E-state index >= 15 is 0 Å². The van der Waals surface area contributed by atoms with Crippen molar-refractivity contribution < 1.29 is 34.7 Å². The van der Waals surface area contributed by atoms with Gasteiger partial charge >= 0.3 is 0 Å². The van der Waals surface area contributed by atoms with Crippen molar-refractivity contribution in [2.75, 3.05) is 0 Å². The first-order valence-electron chi connectivity index (χ1n) is 16.4. The number of aliphatic hydroxyl groups is 1. The van der Waals surface area contributed by atoms with Gasteiger partial charge in [0.15, 0.2) is 5.78 Å². The van der Waals surface area contributed by atoms with Crippen LogP contribution in [-0.2, 0) is 31.3 Å². The largest absolute Gasteiger partial charge is 0.512 e.